The van der Waals surface area contributed by atoms with Crippen LogP contribution in [0.25, 0.3) is 10.1 Å². The Balaban J connectivity index is 2.05. The third kappa shape index (κ3) is 2.30. The number of anilines is 1. The molecule has 0 unspecified atom stereocenters. The lowest BCUT2D eigenvalue weighted by Gasteiger charge is -2.09. The number of thiophene rings is 1. The largest absolute Gasteiger partial charge is 0.373 e. The fourth-order valence-corrected chi connectivity index (χ4v) is 2.96. The number of hydrogen-bond donors (Lipinski definition) is 1. The Hall–Kier alpha value is -1.85. The van der Waals surface area contributed by atoms with Gasteiger partial charge in [-0.15, -0.1) is 11.3 Å². The van der Waals surface area contributed by atoms with E-state index in [4.69, 9.17) is 11.6 Å². The van der Waals surface area contributed by atoms with Gasteiger partial charge in [-0.25, -0.2) is 4.98 Å². The molecule has 0 spiro atoms. The lowest BCUT2D eigenvalue weighted by molar-refractivity contribution is 0.748. The van der Waals surface area contributed by atoms with E-state index in [0.717, 1.165) is 15.9 Å². The fourth-order valence-electron chi connectivity index (χ4n) is 2.03. The summed E-state index contributed by atoms with van der Waals surface area (Å²) in [4.78, 5) is 16.7. The number of halogens is 1. The van der Waals surface area contributed by atoms with E-state index in [0.29, 0.717) is 17.3 Å². The van der Waals surface area contributed by atoms with Gasteiger partial charge in [-0.2, -0.15) is 0 Å². The SMILES string of the molecule is CNc1ccc(Cl)c(Cn2ccc3sccc3c2=O)n1. The van der Waals surface area contributed by atoms with Crippen LogP contribution in [0.3, 0.4) is 0 Å². The van der Waals surface area contributed by atoms with Gasteiger partial charge in [0.25, 0.3) is 5.56 Å². The molecule has 0 aliphatic rings. The lowest BCUT2D eigenvalue weighted by Crippen LogP contribution is -2.20. The molecule has 0 saturated heterocycles. The van der Waals surface area contributed by atoms with E-state index in [-0.39, 0.29) is 5.56 Å². The molecular formula is C14H12ClN3OS. The molecule has 0 aliphatic carbocycles. The summed E-state index contributed by atoms with van der Waals surface area (Å²) in [5.74, 6) is 0.731. The molecule has 3 aromatic rings. The van der Waals surface area contributed by atoms with Crippen LogP contribution in [-0.4, -0.2) is 16.6 Å². The average Bonchev–Trinajstić information content (AvgIpc) is 2.93. The Bertz CT molecular complexity index is 825. The Morgan fingerprint density at radius 2 is 2.20 bits per heavy atom. The molecule has 102 valence electrons. The molecule has 0 bridgehead atoms. The zero-order valence-electron chi connectivity index (χ0n) is 10.8. The predicted octanol–water partition coefficient (Wildman–Crippen LogP) is 3.20. The highest BCUT2D eigenvalue weighted by atomic mass is 35.5. The molecule has 3 rings (SSSR count). The van der Waals surface area contributed by atoms with Crippen LogP contribution in [-0.2, 0) is 6.54 Å². The van der Waals surface area contributed by atoms with Gasteiger partial charge in [0.1, 0.15) is 5.82 Å². The van der Waals surface area contributed by atoms with Crippen molar-refractivity contribution in [2.45, 2.75) is 6.54 Å². The second-order valence-electron chi connectivity index (χ2n) is 4.32. The van der Waals surface area contributed by atoms with Crippen LogP contribution >= 0.6 is 22.9 Å². The van der Waals surface area contributed by atoms with E-state index in [2.05, 4.69) is 10.3 Å². The van der Waals surface area contributed by atoms with Crippen molar-refractivity contribution >= 4 is 38.8 Å². The maximum atomic E-state index is 12.3. The second-order valence-corrected chi connectivity index (χ2v) is 5.68. The summed E-state index contributed by atoms with van der Waals surface area (Å²) in [5, 5.41) is 6.18. The Morgan fingerprint density at radius 1 is 1.35 bits per heavy atom. The fraction of sp³-hybridized carbons (Fsp3) is 0.143. The van der Waals surface area contributed by atoms with Crippen LogP contribution in [0.2, 0.25) is 5.02 Å². The monoisotopic (exact) mass is 305 g/mol. The first-order valence-electron chi connectivity index (χ1n) is 6.09. The molecule has 0 amide bonds. The van der Waals surface area contributed by atoms with Crippen molar-refractivity contribution in [3.05, 3.63) is 56.9 Å². The van der Waals surface area contributed by atoms with E-state index >= 15 is 0 Å². The maximum Gasteiger partial charge on any atom is 0.259 e. The van der Waals surface area contributed by atoms with E-state index < -0.39 is 0 Å². The molecule has 20 heavy (non-hydrogen) atoms. The number of nitrogens with zero attached hydrogens (tertiary/aromatic N) is 2. The molecule has 1 N–H and O–H groups in total. The van der Waals surface area contributed by atoms with Crippen molar-refractivity contribution in [3.8, 4) is 0 Å². The van der Waals surface area contributed by atoms with Crippen LogP contribution in [0.5, 0.6) is 0 Å². The molecule has 0 fully saturated rings. The van der Waals surface area contributed by atoms with Gasteiger partial charge in [-0.1, -0.05) is 11.6 Å². The molecule has 0 aliphatic heterocycles. The van der Waals surface area contributed by atoms with Crippen molar-refractivity contribution < 1.29 is 0 Å². The third-order valence-corrected chi connectivity index (χ3v) is 4.31. The number of hydrogen-bond acceptors (Lipinski definition) is 4. The Labute approximate surface area is 124 Å². The minimum absolute atomic E-state index is 0.0172. The first-order valence-corrected chi connectivity index (χ1v) is 7.34. The lowest BCUT2D eigenvalue weighted by atomic mass is 10.3. The molecule has 0 aromatic carbocycles. The maximum absolute atomic E-state index is 12.3. The number of aromatic nitrogens is 2. The van der Waals surface area contributed by atoms with Crippen LogP contribution in [0.4, 0.5) is 5.82 Å². The van der Waals surface area contributed by atoms with Crippen molar-refractivity contribution in [1.82, 2.24) is 9.55 Å². The zero-order chi connectivity index (χ0) is 14.1. The summed E-state index contributed by atoms with van der Waals surface area (Å²) in [6.45, 7) is 0.360. The van der Waals surface area contributed by atoms with Crippen molar-refractivity contribution in [2.75, 3.05) is 12.4 Å². The zero-order valence-corrected chi connectivity index (χ0v) is 12.3. The van der Waals surface area contributed by atoms with Gasteiger partial charge in [0, 0.05) is 17.9 Å². The number of fused-ring (bicyclic) bond motifs is 1. The highest BCUT2D eigenvalue weighted by Gasteiger charge is 2.08. The first kappa shape index (κ1) is 13.1. The number of rotatable bonds is 3. The van der Waals surface area contributed by atoms with Gasteiger partial charge >= 0.3 is 0 Å². The normalized spacial score (nSPS) is 10.9. The van der Waals surface area contributed by atoms with Crippen LogP contribution in [0, 0.1) is 0 Å². The molecule has 3 aromatic heterocycles. The summed E-state index contributed by atoms with van der Waals surface area (Å²) >= 11 is 7.71. The van der Waals surface area contributed by atoms with Crippen LogP contribution in [0.1, 0.15) is 5.69 Å². The minimum atomic E-state index is -0.0172. The second kappa shape index (κ2) is 5.26. The van der Waals surface area contributed by atoms with Gasteiger partial charge in [0.15, 0.2) is 0 Å². The Morgan fingerprint density at radius 3 is 3.00 bits per heavy atom. The predicted molar refractivity (Wildman–Crippen MR) is 84.0 cm³/mol. The summed E-state index contributed by atoms with van der Waals surface area (Å²) in [6.07, 6.45) is 1.78. The van der Waals surface area contributed by atoms with Gasteiger partial charge in [-0.3, -0.25) is 4.79 Å². The van der Waals surface area contributed by atoms with Gasteiger partial charge in [-0.05, 0) is 29.6 Å². The van der Waals surface area contributed by atoms with Crippen LogP contribution < -0.4 is 10.9 Å². The molecule has 3 heterocycles. The van der Waals surface area contributed by atoms with Crippen molar-refractivity contribution in [3.63, 3.8) is 0 Å². The van der Waals surface area contributed by atoms with Crippen molar-refractivity contribution in [1.29, 1.82) is 0 Å². The number of nitrogens with one attached hydrogen (secondary N) is 1. The molecule has 0 radical (unpaired) electrons. The van der Waals surface area contributed by atoms with Gasteiger partial charge < -0.3 is 9.88 Å². The molecular weight excluding hydrogens is 294 g/mol. The topological polar surface area (TPSA) is 46.9 Å². The molecule has 4 nitrogen and oxygen atoms in total. The van der Waals surface area contributed by atoms with Crippen molar-refractivity contribution in [2.24, 2.45) is 0 Å². The smallest absolute Gasteiger partial charge is 0.259 e. The highest BCUT2D eigenvalue weighted by Crippen LogP contribution is 2.19. The highest BCUT2D eigenvalue weighted by molar-refractivity contribution is 7.17. The summed E-state index contributed by atoms with van der Waals surface area (Å²) in [5.41, 5.74) is 0.659. The summed E-state index contributed by atoms with van der Waals surface area (Å²) in [7, 11) is 1.80. The minimum Gasteiger partial charge on any atom is -0.373 e. The van der Waals surface area contributed by atoms with Gasteiger partial charge in [0.2, 0.25) is 0 Å². The molecule has 0 atom stereocenters. The van der Waals surface area contributed by atoms with Crippen LogP contribution in [0.15, 0.2) is 40.6 Å². The molecule has 6 heteroatoms. The first-order chi connectivity index (χ1) is 9.69. The van der Waals surface area contributed by atoms with Gasteiger partial charge in [0.05, 0.1) is 22.6 Å². The average molecular weight is 306 g/mol. The summed E-state index contributed by atoms with van der Waals surface area (Å²) < 4.78 is 2.62. The molecule has 0 saturated carbocycles. The third-order valence-electron chi connectivity index (χ3n) is 3.09. The van der Waals surface area contributed by atoms with E-state index in [1.54, 1.807) is 41.3 Å². The quantitative estimate of drug-likeness (QED) is 0.808. The number of pyridine rings is 2. The van der Waals surface area contributed by atoms with E-state index in [1.807, 2.05) is 17.5 Å². The summed E-state index contributed by atoms with van der Waals surface area (Å²) in [6, 6.07) is 7.37. The standard InChI is InChI=1S/C14H12ClN3OS/c1-16-13-3-2-10(15)11(17-13)8-18-6-4-12-9(14(18)19)5-7-20-12/h2-7H,8H2,1H3,(H,16,17). The van der Waals surface area contributed by atoms with E-state index in [1.165, 1.54) is 0 Å². The van der Waals surface area contributed by atoms with E-state index in [9.17, 15) is 4.79 Å². The Kier molecular flexibility index (Phi) is 3.46.